The maximum atomic E-state index is 10.5. The first-order valence-electron chi connectivity index (χ1n) is 10.2. The maximum Gasteiger partial charge on any atom is 0.170 e. The van der Waals surface area contributed by atoms with Crippen LogP contribution in [0.25, 0.3) is 0 Å². The molecule has 5 nitrogen and oxygen atoms in total. The summed E-state index contributed by atoms with van der Waals surface area (Å²) < 4.78 is 12.2. The smallest absolute Gasteiger partial charge is 0.170 e. The van der Waals surface area contributed by atoms with Crippen molar-refractivity contribution in [1.29, 1.82) is 0 Å². The Balaban J connectivity index is 1.78. The molecule has 1 fully saturated rings. The van der Waals surface area contributed by atoms with Crippen molar-refractivity contribution >= 4 is 15.9 Å². The van der Waals surface area contributed by atoms with Crippen LogP contribution in [-0.4, -0.2) is 51.4 Å². The second-order valence-corrected chi connectivity index (χ2v) is 8.64. The van der Waals surface area contributed by atoms with E-state index >= 15 is 0 Å². The Morgan fingerprint density at radius 2 is 1.13 bits per heavy atom. The quantitative estimate of drug-likeness (QED) is 0.369. The number of rotatable bonds is 6. The molecule has 1 aliphatic heterocycles. The number of alkyl halides is 1. The number of aliphatic hydroxyl groups excluding tert-OH is 3. The van der Waals surface area contributed by atoms with Crippen LogP contribution in [0.1, 0.15) is 16.7 Å². The van der Waals surface area contributed by atoms with Crippen LogP contribution in [-0.2, 0) is 15.1 Å². The normalized spacial score (nSPS) is 26.5. The number of halogens is 1. The van der Waals surface area contributed by atoms with E-state index in [4.69, 9.17) is 9.47 Å². The van der Waals surface area contributed by atoms with Crippen molar-refractivity contribution in [3.63, 3.8) is 0 Å². The summed E-state index contributed by atoms with van der Waals surface area (Å²) in [5.41, 5.74) is 1.76. The highest BCUT2D eigenvalue weighted by Gasteiger charge is 2.45. The van der Waals surface area contributed by atoms with E-state index in [-0.39, 0.29) is 6.61 Å². The lowest BCUT2D eigenvalue weighted by molar-refractivity contribution is -0.242. The molecule has 5 atom stereocenters. The summed E-state index contributed by atoms with van der Waals surface area (Å²) in [4.78, 5) is -0.777. The lowest BCUT2D eigenvalue weighted by Gasteiger charge is -2.41. The third-order valence-electron chi connectivity index (χ3n) is 5.65. The zero-order valence-corrected chi connectivity index (χ0v) is 18.4. The van der Waals surface area contributed by atoms with Gasteiger partial charge in [-0.3, -0.25) is 0 Å². The summed E-state index contributed by atoms with van der Waals surface area (Å²) in [6.07, 6.45) is -4.56. The van der Waals surface area contributed by atoms with Crippen LogP contribution in [0.4, 0.5) is 0 Å². The third-order valence-corrected chi connectivity index (χ3v) is 6.64. The van der Waals surface area contributed by atoms with Gasteiger partial charge in [0, 0.05) is 0 Å². The molecule has 1 saturated heterocycles. The Morgan fingerprint density at radius 3 is 1.55 bits per heavy atom. The van der Waals surface area contributed by atoms with Crippen LogP contribution >= 0.6 is 15.9 Å². The van der Waals surface area contributed by atoms with Crippen molar-refractivity contribution < 1.29 is 24.8 Å². The first-order chi connectivity index (χ1) is 15.0. The molecule has 1 heterocycles. The summed E-state index contributed by atoms with van der Waals surface area (Å²) in [6, 6.07) is 29.5. The second kappa shape index (κ2) is 9.61. The Morgan fingerprint density at radius 1 is 0.710 bits per heavy atom. The molecule has 1 aliphatic rings. The van der Waals surface area contributed by atoms with Gasteiger partial charge in [0.05, 0.1) is 17.5 Å². The largest absolute Gasteiger partial charge is 0.389 e. The van der Waals surface area contributed by atoms with Crippen LogP contribution in [0.5, 0.6) is 0 Å². The van der Waals surface area contributed by atoms with E-state index in [0.717, 1.165) is 16.7 Å². The molecule has 0 aromatic heterocycles. The molecule has 6 heteroatoms. The van der Waals surface area contributed by atoms with Crippen molar-refractivity contribution in [3.05, 3.63) is 108 Å². The minimum absolute atomic E-state index is 0.0479. The van der Waals surface area contributed by atoms with E-state index in [2.05, 4.69) is 15.9 Å². The molecule has 0 spiro atoms. The van der Waals surface area contributed by atoms with E-state index in [1.807, 2.05) is 91.0 Å². The summed E-state index contributed by atoms with van der Waals surface area (Å²) in [7, 11) is 0. The van der Waals surface area contributed by atoms with E-state index in [9.17, 15) is 15.3 Å². The van der Waals surface area contributed by atoms with Gasteiger partial charge in [-0.05, 0) is 16.7 Å². The summed E-state index contributed by atoms with van der Waals surface area (Å²) in [5.74, 6) is 0. The second-order valence-electron chi connectivity index (χ2n) is 7.58. The molecule has 31 heavy (non-hydrogen) atoms. The summed E-state index contributed by atoms with van der Waals surface area (Å²) in [6.45, 7) is -0.0479. The topological polar surface area (TPSA) is 79.2 Å². The van der Waals surface area contributed by atoms with E-state index < -0.39 is 35.0 Å². The predicted molar refractivity (Wildman–Crippen MR) is 121 cm³/mol. The van der Waals surface area contributed by atoms with Crippen LogP contribution in [0, 0.1) is 0 Å². The number of ether oxygens (including phenoxy) is 2. The molecule has 4 rings (SSSR count). The van der Waals surface area contributed by atoms with Gasteiger partial charge in [0.1, 0.15) is 17.8 Å². The Bertz CT molecular complexity index is 857. The van der Waals surface area contributed by atoms with E-state index in [0.29, 0.717) is 0 Å². The van der Waals surface area contributed by atoms with Gasteiger partial charge in [0.2, 0.25) is 0 Å². The first kappa shape index (κ1) is 22.1. The number of benzene rings is 3. The average molecular weight is 485 g/mol. The molecule has 0 amide bonds. The summed E-state index contributed by atoms with van der Waals surface area (Å²) >= 11 is 3.16. The Labute approximate surface area is 190 Å². The molecule has 0 bridgehead atoms. The van der Waals surface area contributed by atoms with Gasteiger partial charge in [-0.15, -0.1) is 0 Å². The lowest BCUT2D eigenvalue weighted by Crippen LogP contribution is -2.57. The maximum absolute atomic E-state index is 10.5. The van der Waals surface area contributed by atoms with E-state index in [1.165, 1.54) is 0 Å². The molecule has 3 aromatic rings. The zero-order valence-electron chi connectivity index (χ0n) is 16.8. The fraction of sp³-hybridized carbons (Fsp3) is 0.280. The van der Waals surface area contributed by atoms with Gasteiger partial charge < -0.3 is 24.8 Å². The molecule has 3 aromatic carbocycles. The minimum atomic E-state index is -1.26. The molecular weight excluding hydrogens is 460 g/mol. The third kappa shape index (κ3) is 4.32. The lowest BCUT2D eigenvalue weighted by atomic mass is 9.80. The Kier molecular flexibility index (Phi) is 6.86. The van der Waals surface area contributed by atoms with Gasteiger partial charge in [-0.25, -0.2) is 0 Å². The van der Waals surface area contributed by atoms with Crippen molar-refractivity contribution in [2.24, 2.45) is 0 Å². The molecule has 0 saturated carbocycles. The molecule has 0 radical (unpaired) electrons. The molecule has 0 aliphatic carbocycles. The highest BCUT2D eigenvalue weighted by molar-refractivity contribution is 9.09. The molecule has 0 unspecified atom stereocenters. The van der Waals surface area contributed by atoms with Crippen LogP contribution in [0.15, 0.2) is 91.0 Å². The number of aliphatic hydroxyl groups is 3. The summed E-state index contributed by atoms with van der Waals surface area (Å²) in [5, 5.41) is 30.9. The van der Waals surface area contributed by atoms with Gasteiger partial charge in [0.15, 0.2) is 6.29 Å². The average Bonchev–Trinajstić information content (AvgIpc) is 2.83. The minimum Gasteiger partial charge on any atom is -0.389 e. The highest BCUT2D eigenvalue weighted by atomic mass is 79.9. The van der Waals surface area contributed by atoms with Gasteiger partial charge >= 0.3 is 0 Å². The number of hydrogen-bond donors (Lipinski definition) is 3. The van der Waals surface area contributed by atoms with Crippen molar-refractivity contribution in [1.82, 2.24) is 0 Å². The highest BCUT2D eigenvalue weighted by Crippen LogP contribution is 2.41. The molecule has 162 valence electrons. The standard InChI is InChI=1S/C25H25BrO5/c26-21-23(28)22(27)20(31-24(21)29)16-30-25(17-10-4-1-5-11-17,18-12-6-2-7-13-18)19-14-8-3-9-15-19/h1-15,20-24,27-29H,16H2/t20-,21+,22-,23-,24+/m0/s1. The van der Waals surface area contributed by atoms with E-state index in [1.54, 1.807) is 0 Å². The van der Waals surface area contributed by atoms with Gasteiger partial charge in [0.25, 0.3) is 0 Å². The first-order valence-corrected chi connectivity index (χ1v) is 11.1. The van der Waals surface area contributed by atoms with Crippen LogP contribution in [0.2, 0.25) is 0 Å². The SMILES string of the molecule is O[C@@H]1[C@@H](O)[C@H](COC(c2ccccc2)(c2ccccc2)c2ccccc2)O[C@@H](O)[C@@H]1Br. The monoisotopic (exact) mass is 484 g/mol. The van der Waals surface area contributed by atoms with Gasteiger partial charge in [-0.2, -0.15) is 0 Å². The predicted octanol–water partition coefficient (Wildman–Crippen LogP) is 3.20. The number of hydrogen-bond acceptors (Lipinski definition) is 5. The zero-order chi connectivity index (χ0) is 21.8. The molecular formula is C25H25BrO5. The van der Waals surface area contributed by atoms with Crippen LogP contribution < -0.4 is 0 Å². The van der Waals surface area contributed by atoms with Crippen molar-refractivity contribution in [3.8, 4) is 0 Å². The van der Waals surface area contributed by atoms with Crippen molar-refractivity contribution in [2.75, 3.05) is 6.61 Å². The van der Waals surface area contributed by atoms with Crippen molar-refractivity contribution in [2.45, 2.75) is 35.0 Å². The van der Waals surface area contributed by atoms with Crippen LogP contribution in [0.3, 0.4) is 0 Å². The fourth-order valence-corrected chi connectivity index (χ4v) is 4.46. The van der Waals surface area contributed by atoms with Gasteiger partial charge in [-0.1, -0.05) is 107 Å². The fourth-order valence-electron chi connectivity index (χ4n) is 4.03. The Hall–Kier alpha value is -2.06. The molecule has 3 N–H and O–H groups in total.